The molecule has 0 aromatic heterocycles. The lowest BCUT2D eigenvalue weighted by Gasteiger charge is -2.54. The molecule has 2 aliphatic rings. The lowest BCUT2D eigenvalue weighted by Crippen LogP contribution is -2.50. The van der Waals surface area contributed by atoms with Crippen molar-refractivity contribution >= 4 is 15.9 Å². The fourth-order valence-electron chi connectivity index (χ4n) is 3.89. The van der Waals surface area contributed by atoms with Crippen molar-refractivity contribution in [2.24, 2.45) is 10.8 Å². The molecule has 1 amide bonds. The fraction of sp³-hybridized carbons (Fsp3) is 0.500. The minimum Gasteiger partial charge on any atom is -0.268 e. The summed E-state index contributed by atoms with van der Waals surface area (Å²) >= 11 is 0. The quantitative estimate of drug-likeness (QED) is 0.781. The molecule has 4 nitrogen and oxygen atoms in total. The SMILES string of the molecule is C/C=C1\C(=O)N(S(=O)(=O)c2ccc(C)cc2)CC12CCC2(C)C. The van der Waals surface area contributed by atoms with Crippen molar-refractivity contribution in [2.75, 3.05) is 6.54 Å². The summed E-state index contributed by atoms with van der Waals surface area (Å²) in [6, 6.07) is 6.66. The Kier molecular flexibility index (Phi) is 3.49. The Morgan fingerprint density at radius 1 is 1.13 bits per heavy atom. The predicted molar refractivity (Wildman–Crippen MR) is 89.3 cm³/mol. The molecule has 1 spiro atoms. The van der Waals surface area contributed by atoms with E-state index in [1.54, 1.807) is 30.3 Å². The van der Waals surface area contributed by atoms with Gasteiger partial charge in [0.2, 0.25) is 0 Å². The predicted octanol–water partition coefficient (Wildman–Crippen LogP) is 3.28. The van der Waals surface area contributed by atoms with Crippen LogP contribution in [0.4, 0.5) is 0 Å². The van der Waals surface area contributed by atoms with Gasteiger partial charge in [-0.25, -0.2) is 12.7 Å². The molecule has 0 bridgehead atoms. The van der Waals surface area contributed by atoms with Crippen LogP contribution in [0.1, 0.15) is 39.2 Å². The highest BCUT2D eigenvalue weighted by molar-refractivity contribution is 7.89. The second-order valence-electron chi connectivity index (χ2n) is 7.30. The standard InChI is InChI=1S/C18H23NO3S/c1-5-15-16(20)19(12-18(15)11-10-17(18,3)4)23(21,22)14-8-6-13(2)7-9-14/h5-9H,10-12H2,1-4H3/b15-5+. The van der Waals surface area contributed by atoms with Gasteiger partial charge in [-0.2, -0.15) is 0 Å². The van der Waals surface area contributed by atoms with E-state index in [4.69, 9.17) is 0 Å². The van der Waals surface area contributed by atoms with Gasteiger partial charge >= 0.3 is 0 Å². The largest absolute Gasteiger partial charge is 0.268 e. The van der Waals surface area contributed by atoms with E-state index in [0.29, 0.717) is 5.57 Å². The molecule has 0 radical (unpaired) electrons. The van der Waals surface area contributed by atoms with Crippen molar-refractivity contribution in [3.8, 4) is 0 Å². The van der Waals surface area contributed by atoms with Gasteiger partial charge < -0.3 is 0 Å². The van der Waals surface area contributed by atoms with Crippen LogP contribution in [0.3, 0.4) is 0 Å². The maximum Gasteiger partial charge on any atom is 0.266 e. The first-order valence-corrected chi connectivity index (χ1v) is 9.40. The van der Waals surface area contributed by atoms with Gasteiger partial charge in [-0.1, -0.05) is 37.6 Å². The molecule has 1 saturated carbocycles. The van der Waals surface area contributed by atoms with Crippen molar-refractivity contribution in [2.45, 2.75) is 45.4 Å². The third-order valence-corrected chi connectivity index (χ3v) is 7.50. The summed E-state index contributed by atoms with van der Waals surface area (Å²) in [5.41, 5.74) is 1.26. The van der Waals surface area contributed by atoms with Gasteiger partial charge in [0.1, 0.15) is 0 Å². The number of carbonyl (C=O) groups is 1. The van der Waals surface area contributed by atoms with Crippen molar-refractivity contribution in [1.29, 1.82) is 0 Å². The number of rotatable bonds is 2. The first-order valence-electron chi connectivity index (χ1n) is 7.96. The molecule has 3 rings (SSSR count). The van der Waals surface area contributed by atoms with Gasteiger partial charge in [-0.3, -0.25) is 4.79 Å². The summed E-state index contributed by atoms with van der Waals surface area (Å²) in [5.74, 6) is -0.360. The van der Waals surface area contributed by atoms with Gasteiger partial charge in [0.25, 0.3) is 15.9 Å². The van der Waals surface area contributed by atoms with Crippen LogP contribution in [0, 0.1) is 17.8 Å². The Morgan fingerprint density at radius 2 is 1.74 bits per heavy atom. The molecular formula is C18H23NO3S. The monoisotopic (exact) mass is 333 g/mol. The molecule has 1 unspecified atom stereocenters. The third-order valence-electron chi connectivity index (χ3n) is 5.76. The highest BCUT2D eigenvalue weighted by Crippen LogP contribution is 2.63. The number of hydrogen-bond donors (Lipinski definition) is 0. The zero-order valence-electron chi connectivity index (χ0n) is 14.1. The van der Waals surface area contributed by atoms with E-state index in [0.717, 1.165) is 22.7 Å². The van der Waals surface area contributed by atoms with Crippen LogP contribution in [0.2, 0.25) is 0 Å². The average molecular weight is 333 g/mol. The number of sulfonamides is 1. The molecule has 1 aromatic carbocycles. The van der Waals surface area contributed by atoms with E-state index in [9.17, 15) is 13.2 Å². The normalized spacial score (nSPS) is 28.4. The van der Waals surface area contributed by atoms with Crippen LogP contribution in [0.25, 0.3) is 0 Å². The lowest BCUT2D eigenvalue weighted by molar-refractivity contribution is -0.120. The summed E-state index contributed by atoms with van der Waals surface area (Å²) in [6.07, 6.45) is 3.68. The maximum atomic E-state index is 12.9. The molecule has 1 aliphatic heterocycles. The van der Waals surface area contributed by atoms with Crippen LogP contribution in [0.5, 0.6) is 0 Å². The summed E-state index contributed by atoms with van der Waals surface area (Å²) in [4.78, 5) is 13.0. The van der Waals surface area contributed by atoms with Crippen LogP contribution in [-0.4, -0.2) is 25.2 Å². The maximum absolute atomic E-state index is 12.9. The van der Waals surface area contributed by atoms with Gasteiger partial charge in [0, 0.05) is 17.5 Å². The van der Waals surface area contributed by atoms with E-state index < -0.39 is 10.0 Å². The summed E-state index contributed by atoms with van der Waals surface area (Å²) in [5, 5.41) is 0. The minimum atomic E-state index is -3.80. The zero-order chi connectivity index (χ0) is 17.0. The molecular weight excluding hydrogens is 310 g/mol. The van der Waals surface area contributed by atoms with Crippen LogP contribution in [-0.2, 0) is 14.8 Å². The molecule has 0 N–H and O–H groups in total. The van der Waals surface area contributed by atoms with E-state index in [1.165, 1.54) is 0 Å². The summed E-state index contributed by atoms with van der Waals surface area (Å²) < 4.78 is 26.9. The van der Waals surface area contributed by atoms with Crippen LogP contribution >= 0.6 is 0 Å². The fourth-order valence-corrected chi connectivity index (χ4v) is 5.33. The Hall–Kier alpha value is -1.62. The van der Waals surface area contributed by atoms with Crippen molar-refractivity contribution < 1.29 is 13.2 Å². The Labute approximate surface area is 138 Å². The number of hydrogen-bond acceptors (Lipinski definition) is 3. The summed E-state index contributed by atoms with van der Waals surface area (Å²) in [7, 11) is -3.80. The second-order valence-corrected chi connectivity index (χ2v) is 9.16. The van der Waals surface area contributed by atoms with Crippen molar-refractivity contribution in [1.82, 2.24) is 4.31 Å². The molecule has 124 valence electrons. The van der Waals surface area contributed by atoms with E-state index in [1.807, 2.05) is 13.8 Å². The molecule has 1 aromatic rings. The number of benzene rings is 1. The molecule has 1 atom stereocenters. The number of carbonyl (C=O) groups excluding carboxylic acids is 1. The van der Waals surface area contributed by atoms with E-state index >= 15 is 0 Å². The number of allylic oxidation sites excluding steroid dienone is 1. The molecule has 23 heavy (non-hydrogen) atoms. The van der Waals surface area contributed by atoms with Crippen LogP contribution in [0.15, 0.2) is 40.8 Å². The zero-order valence-corrected chi connectivity index (χ0v) is 14.9. The van der Waals surface area contributed by atoms with Crippen molar-refractivity contribution in [3.63, 3.8) is 0 Å². The molecule has 1 heterocycles. The Bertz CT molecular complexity index is 790. The number of amides is 1. The van der Waals surface area contributed by atoms with Gasteiger partial charge in [0.05, 0.1) is 4.90 Å². The van der Waals surface area contributed by atoms with E-state index in [2.05, 4.69) is 13.8 Å². The lowest BCUT2D eigenvalue weighted by atomic mass is 9.49. The van der Waals surface area contributed by atoms with Gasteiger partial charge in [-0.05, 0) is 44.2 Å². The van der Waals surface area contributed by atoms with Crippen molar-refractivity contribution in [3.05, 3.63) is 41.5 Å². The average Bonchev–Trinajstić information content (AvgIpc) is 2.82. The highest BCUT2D eigenvalue weighted by atomic mass is 32.2. The Morgan fingerprint density at radius 3 is 2.13 bits per heavy atom. The topological polar surface area (TPSA) is 54.5 Å². The molecule has 2 fully saturated rings. The van der Waals surface area contributed by atoms with Gasteiger partial charge in [0.15, 0.2) is 0 Å². The van der Waals surface area contributed by atoms with Gasteiger partial charge in [-0.15, -0.1) is 0 Å². The third kappa shape index (κ3) is 2.09. The smallest absolute Gasteiger partial charge is 0.266 e. The summed E-state index contributed by atoms with van der Waals surface area (Å²) in [6.45, 7) is 8.23. The second kappa shape index (κ2) is 4.94. The molecule has 1 saturated heterocycles. The van der Waals surface area contributed by atoms with E-state index in [-0.39, 0.29) is 28.2 Å². The first-order chi connectivity index (χ1) is 10.7. The minimum absolute atomic E-state index is 0.0535. The van der Waals surface area contributed by atoms with Crippen LogP contribution < -0.4 is 0 Å². The molecule has 1 aliphatic carbocycles. The number of nitrogens with zero attached hydrogens (tertiary/aromatic N) is 1. The number of aryl methyl sites for hydroxylation is 1. The molecule has 5 heteroatoms. The highest BCUT2D eigenvalue weighted by Gasteiger charge is 2.63. The Balaban J connectivity index is 2.05. The first kappa shape index (κ1) is 16.2.